The summed E-state index contributed by atoms with van der Waals surface area (Å²) in [4.78, 5) is 25.2. The smallest absolute Gasteiger partial charge is 0.327 e. The molecule has 1 amide bonds. The quantitative estimate of drug-likeness (QED) is 0.771. The van der Waals surface area contributed by atoms with Crippen molar-refractivity contribution < 1.29 is 14.7 Å². The highest BCUT2D eigenvalue weighted by Gasteiger charge is 2.42. The van der Waals surface area contributed by atoms with Gasteiger partial charge in [-0.3, -0.25) is 4.79 Å². The van der Waals surface area contributed by atoms with Crippen LogP contribution in [0.25, 0.3) is 0 Å². The third kappa shape index (κ3) is 3.86. The molecular weight excluding hydrogens is 264 g/mol. The molecule has 1 aliphatic heterocycles. The third-order valence-electron chi connectivity index (χ3n) is 3.55. The summed E-state index contributed by atoms with van der Waals surface area (Å²) in [5.74, 6) is -0.126. The number of carboxylic acids is 1. The second kappa shape index (κ2) is 7.14. The van der Waals surface area contributed by atoms with E-state index in [1.54, 1.807) is 16.7 Å². The van der Waals surface area contributed by atoms with Crippen molar-refractivity contribution in [3.8, 4) is 0 Å². The van der Waals surface area contributed by atoms with E-state index in [1.165, 1.54) is 0 Å². The van der Waals surface area contributed by atoms with Crippen LogP contribution in [0.3, 0.4) is 0 Å². The van der Waals surface area contributed by atoms with Gasteiger partial charge in [0, 0.05) is 12.2 Å². The van der Waals surface area contributed by atoms with Gasteiger partial charge in [-0.2, -0.15) is 0 Å². The fourth-order valence-corrected chi connectivity index (χ4v) is 3.79. The number of thioether (sulfide) groups is 1. The van der Waals surface area contributed by atoms with Crippen molar-refractivity contribution in [1.82, 2.24) is 4.90 Å². The average molecular weight is 288 g/mol. The number of amides is 1. The maximum Gasteiger partial charge on any atom is 0.327 e. The molecule has 0 aliphatic carbocycles. The van der Waals surface area contributed by atoms with E-state index in [1.807, 2.05) is 20.8 Å². The first kappa shape index (κ1) is 16.3. The van der Waals surface area contributed by atoms with Crippen LogP contribution in [0.5, 0.6) is 0 Å². The lowest BCUT2D eigenvalue weighted by Gasteiger charge is -2.30. The van der Waals surface area contributed by atoms with Gasteiger partial charge >= 0.3 is 5.97 Å². The van der Waals surface area contributed by atoms with Crippen molar-refractivity contribution >= 4 is 23.6 Å². The molecule has 3 unspecified atom stereocenters. The number of nitrogens with two attached hydrogens (primary N) is 1. The highest BCUT2D eigenvalue weighted by Crippen LogP contribution is 2.35. The molecule has 0 saturated carbocycles. The normalized spacial score (nSPS) is 24.8. The SMILES string of the molecule is CCC(CN)CC(=O)N1C(C(=O)O)CSC1C(C)C. The molecule has 3 N–H and O–H groups in total. The van der Waals surface area contributed by atoms with Crippen LogP contribution >= 0.6 is 11.8 Å². The van der Waals surface area contributed by atoms with Crippen LogP contribution in [0, 0.1) is 11.8 Å². The molecule has 1 heterocycles. The summed E-state index contributed by atoms with van der Waals surface area (Å²) < 4.78 is 0. The van der Waals surface area contributed by atoms with E-state index < -0.39 is 12.0 Å². The Morgan fingerprint density at radius 3 is 2.53 bits per heavy atom. The molecular formula is C13H24N2O3S. The van der Waals surface area contributed by atoms with Crippen molar-refractivity contribution in [2.75, 3.05) is 12.3 Å². The summed E-state index contributed by atoms with van der Waals surface area (Å²) in [6.45, 7) is 6.50. The van der Waals surface area contributed by atoms with Crippen LogP contribution in [0.4, 0.5) is 0 Å². The van der Waals surface area contributed by atoms with Crippen molar-refractivity contribution in [3.05, 3.63) is 0 Å². The monoisotopic (exact) mass is 288 g/mol. The Labute approximate surface area is 118 Å². The fourth-order valence-electron chi connectivity index (χ4n) is 2.29. The van der Waals surface area contributed by atoms with Crippen LogP contribution in [0.1, 0.15) is 33.6 Å². The zero-order chi connectivity index (χ0) is 14.6. The Kier molecular flexibility index (Phi) is 6.13. The standard InChI is InChI=1S/C13H24N2O3S/c1-4-9(6-14)5-11(16)15-10(13(17)18)7-19-12(15)8(2)3/h8-10,12H,4-7,14H2,1-3H3,(H,17,18). The van der Waals surface area contributed by atoms with Crippen LogP contribution < -0.4 is 5.73 Å². The van der Waals surface area contributed by atoms with Gasteiger partial charge in [0.05, 0.1) is 5.37 Å². The maximum atomic E-state index is 12.4. The topological polar surface area (TPSA) is 83.6 Å². The summed E-state index contributed by atoms with van der Waals surface area (Å²) in [5.41, 5.74) is 5.63. The average Bonchev–Trinajstić information content (AvgIpc) is 2.80. The van der Waals surface area contributed by atoms with Gasteiger partial charge in [0.1, 0.15) is 6.04 Å². The number of rotatable bonds is 6. The summed E-state index contributed by atoms with van der Waals surface area (Å²) in [6.07, 6.45) is 1.19. The molecule has 1 saturated heterocycles. The molecule has 0 spiro atoms. The van der Waals surface area contributed by atoms with Gasteiger partial charge in [0.2, 0.25) is 5.91 Å². The molecule has 0 aromatic carbocycles. The molecule has 6 heteroatoms. The molecule has 19 heavy (non-hydrogen) atoms. The molecule has 0 radical (unpaired) electrons. The van der Waals surface area contributed by atoms with Gasteiger partial charge in [-0.1, -0.05) is 27.2 Å². The summed E-state index contributed by atoms with van der Waals surface area (Å²) in [7, 11) is 0. The number of carbonyl (C=O) groups excluding carboxylic acids is 1. The molecule has 1 fully saturated rings. The Morgan fingerprint density at radius 1 is 1.47 bits per heavy atom. The van der Waals surface area contributed by atoms with Crippen molar-refractivity contribution in [2.24, 2.45) is 17.6 Å². The van der Waals surface area contributed by atoms with Gasteiger partial charge in [-0.15, -0.1) is 11.8 Å². The predicted molar refractivity (Wildman–Crippen MR) is 76.8 cm³/mol. The summed E-state index contributed by atoms with van der Waals surface area (Å²) in [6, 6.07) is -0.694. The number of carbonyl (C=O) groups is 2. The number of hydrogen-bond donors (Lipinski definition) is 2. The second-order valence-corrected chi connectivity index (χ2v) is 6.49. The van der Waals surface area contributed by atoms with Crippen molar-refractivity contribution in [2.45, 2.75) is 45.0 Å². The molecule has 0 bridgehead atoms. The van der Waals surface area contributed by atoms with Gasteiger partial charge < -0.3 is 15.7 Å². The van der Waals surface area contributed by atoms with E-state index in [2.05, 4.69) is 0 Å². The highest BCUT2D eigenvalue weighted by molar-refractivity contribution is 8.00. The first-order valence-corrected chi connectivity index (χ1v) is 7.82. The molecule has 0 aromatic rings. The van der Waals surface area contributed by atoms with Gasteiger partial charge in [-0.05, 0) is 18.4 Å². The lowest BCUT2D eigenvalue weighted by molar-refractivity contribution is -0.150. The zero-order valence-electron chi connectivity index (χ0n) is 11.8. The van der Waals surface area contributed by atoms with Gasteiger partial charge in [-0.25, -0.2) is 4.79 Å². The largest absolute Gasteiger partial charge is 0.480 e. The number of carboxylic acid groups (broad SMARTS) is 1. The van der Waals surface area contributed by atoms with Crippen LogP contribution in [-0.4, -0.2) is 45.6 Å². The number of aliphatic carboxylic acids is 1. The lowest BCUT2D eigenvalue weighted by Crippen LogP contribution is -2.47. The molecule has 1 aliphatic rings. The summed E-state index contributed by atoms with van der Waals surface area (Å²) in [5, 5.41) is 9.21. The lowest BCUT2D eigenvalue weighted by atomic mass is 10.0. The Morgan fingerprint density at radius 2 is 2.11 bits per heavy atom. The minimum Gasteiger partial charge on any atom is -0.480 e. The number of hydrogen-bond acceptors (Lipinski definition) is 4. The number of nitrogens with zero attached hydrogens (tertiary/aromatic N) is 1. The molecule has 5 nitrogen and oxygen atoms in total. The van der Waals surface area contributed by atoms with E-state index in [0.717, 1.165) is 6.42 Å². The Bertz CT molecular complexity index is 332. The predicted octanol–water partition coefficient (Wildman–Crippen LogP) is 1.37. The fraction of sp³-hybridized carbons (Fsp3) is 0.846. The minimum atomic E-state index is -0.912. The minimum absolute atomic E-state index is 0.0381. The van der Waals surface area contributed by atoms with Gasteiger partial charge in [0.15, 0.2) is 0 Å². The van der Waals surface area contributed by atoms with E-state index in [4.69, 9.17) is 5.73 Å². The van der Waals surface area contributed by atoms with Crippen LogP contribution in [0.2, 0.25) is 0 Å². The Balaban J connectivity index is 2.83. The summed E-state index contributed by atoms with van der Waals surface area (Å²) >= 11 is 1.56. The van der Waals surface area contributed by atoms with Crippen LogP contribution in [0.15, 0.2) is 0 Å². The molecule has 3 atom stereocenters. The van der Waals surface area contributed by atoms with E-state index in [9.17, 15) is 14.7 Å². The van der Waals surface area contributed by atoms with Crippen molar-refractivity contribution in [3.63, 3.8) is 0 Å². The third-order valence-corrected chi connectivity index (χ3v) is 5.17. The van der Waals surface area contributed by atoms with Gasteiger partial charge in [0.25, 0.3) is 0 Å². The van der Waals surface area contributed by atoms with E-state index in [-0.39, 0.29) is 23.1 Å². The highest BCUT2D eigenvalue weighted by atomic mass is 32.2. The zero-order valence-corrected chi connectivity index (χ0v) is 12.7. The van der Waals surface area contributed by atoms with Crippen LogP contribution in [-0.2, 0) is 9.59 Å². The molecule has 1 rings (SSSR count). The second-order valence-electron chi connectivity index (χ2n) is 5.34. The van der Waals surface area contributed by atoms with E-state index in [0.29, 0.717) is 18.7 Å². The molecule has 0 aromatic heterocycles. The van der Waals surface area contributed by atoms with Crippen molar-refractivity contribution in [1.29, 1.82) is 0 Å². The first-order chi connectivity index (χ1) is 8.92. The first-order valence-electron chi connectivity index (χ1n) is 6.77. The van der Waals surface area contributed by atoms with E-state index >= 15 is 0 Å². The Hall–Kier alpha value is -0.750. The molecule has 110 valence electrons. The maximum absolute atomic E-state index is 12.4.